The van der Waals surface area contributed by atoms with Gasteiger partial charge in [0.2, 0.25) is 0 Å². The zero-order valence-corrected chi connectivity index (χ0v) is 19.9. The van der Waals surface area contributed by atoms with Gasteiger partial charge >= 0.3 is 0 Å². The van der Waals surface area contributed by atoms with E-state index in [-0.39, 0.29) is 10.9 Å². The Bertz CT molecular complexity index is 1500. The summed E-state index contributed by atoms with van der Waals surface area (Å²) in [6.07, 6.45) is 0. The van der Waals surface area contributed by atoms with E-state index in [1.165, 1.54) is 11.1 Å². The van der Waals surface area contributed by atoms with Crippen LogP contribution >= 0.6 is 0 Å². The lowest BCUT2D eigenvalue weighted by molar-refractivity contribution is 0.867. The fourth-order valence-corrected chi connectivity index (χ4v) is 4.40. The zero-order chi connectivity index (χ0) is 24.0. The van der Waals surface area contributed by atoms with E-state index in [4.69, 9.17) is 0 Å². The molecule has 0 aliphatic carbocycles. The second-order valence-corrected chi connectivity index (χ2v) is 9.59. The van der Waals surface area contributed by atoms with Gasteiger partial charge in [-0.15, -0.1) is 0 Å². The highest BCUT2D eigenvalue weighted by Crippen LogP contribution is 2.25. The van der Waals surface area contributed by atoms with E-state index in [0.717, 1.165) is 22.5 Å². The maximum absolute atomic E-state index is 13.0. The molecule has 2 N–H and O–H groups in total. The van der Waals surface area contributed by atoms with Gasteiger partial charge in [0.15, 0.2) is 10.9 Å². The third kappa shape index (κ3) is 3.96. The van der Waals surface area contributed by atoms with Gasteiger partial charge in [0.05, 0.1) is 11.0 Å². The quantitative estimate of drug-likeness (QED) is 0.292. The fraction of sp³-hybridized carbons (Fsp3) is 0.200. The minimum Gasteiger partial charge on any atom is -0.354 e. The van der Waals surface area contributed by atoms with Crippen LogP contribution in [0.25, 0.3) is 44.3 Å². The summed E-state index contributed by atoms with van der Waals surface area (Å²) >= 11 is 0. The summed E-state index contributed by atoms with van der Waals surface area (Å²) in [5, 5.41) is 1.11. The van der Waals surface area contributed by atoms with Crippen LogP contribution in [0.1, 0.15) is 50.7 Å². The minimum atomic E-state index is -0.0777. The molecule has 5 aromatic rings. The van der Waals surface area contributed by atoms with Crippen LogP contribution in [0.5, 0.6) is 0 Å². The van der Waals surface area contributed by atoms with Gasteiger partial charge in [0, 0.05) is 34.3 Å². The number of aromatic amines is 2. The molecular formula is C30H28N2O2. The topological polar surface area (TPSA) is 65.7 Å². The van der Waals surface area contributed by atoms with Gasteiger partial charge in [-0.25, -0.2) is 0 Å². The van der Waals surface area contributed by atoms with Gasteiger partial charge in [0.25, 0.3) is 0 Å². The van der Waals surface area contributed by atoms with Crippen molar-refractivity contribution in [3.63, 3.8) is 0 Å². The summed E-state index contributed by atoms with van der Waals surface area (Å²) in [6.45, 7) is 8.62. The number of rotatable bonds is 4. The predicted molar refractivity (Wildman–Crippen MR) is 142 cm³/mol. The average molecular weight is 449 g/mol. The molecule has 2 heterocycles. The summed E-state index contributed by atoms with van der Waals surface area (Å²) in [6, 6.07) is 23.3. The molecule has 0 fully saturated rings. The number of hydrogen-bond acceptors (Lipinski definition) is 2. The average Bonchev–Trinajstić information content (AvgIpc) is 2.83. The van der Waals surface area contributed by atoms with E-state index in [1.54, 1.807) is 24.3 Å². The molecule has 4 heteroatoms. The monoisotopic (exact) mass is 448 g/mol. The Hall–Kier alpha value is -3.92. The van der Waals surface area contributed by atoms with E-state index < -0.39 is 0 Å². The van der Waals surface area contributed by atoms with Crippen molar-refractivity contribution in [1.29, 1.82) is 0 Å². The highest BCUT2D eigenvalue weighted by atomic mass is 16.1. The molecule has 5 rings (SSSR count). The number of nitrogens with one attached hydrogen (secondary N) is 2. The van der Waals surface area contributed by atoms with Crippen LogP contribution in [-0.2, 0) is 0 Å². The lowest BCUT2D eigenvalue weighted by Gasteiger charge is -2.10. The van der Waals surface area contributed by atoms with Crippen LogP contribution in [0, 0.1) is 0 Å². The lowest BCUT2D eigenvalue weighted by Crippen LogP contribution is -2.07. The molecule has 0 spiro atoms. The van der Waals surface area contributed by atoms with E-state index in [2.05, 4.69) is 61.9 Å². The molecule has 0 aliphatic heterocycles. The van der Waals surface area contributed by atoms with Crippen LogP contribution in [0.3, 0.4) is 0 Å². The number of aromatic nitrogens is 2. The SMILES string of the molecule is CC(C)c1ccc(-c2cc(=O)c3cc4[nH]c(-c5ccc(C(C)C)cc5)cc(=O)c4cc3[nH]2)cc1. The largest absolute Gasteiger partial charge is 0.354 e. The molecule has 0 radical (unpaired) electrons. The Morgan fingerprint density at radius 2 is 0.882 bits per heavy atom. The summed E-state index contributed by atoms with van der Waals surface area (Å²) in [4.78, 5) is 32.8. The molecule has 34 heavy (non-hydrogen) atoms. The van der Waals surface area contributed by atoms with E-state index in [9.17, 15) is 9.59 Å². The van der Waals surface area contributed by atoms with Crippen molar-refractivity contribution in [3.8, 4) is 22.5 Å². The molecule has 2 aromatic heterocycles. The summed E-state index contributed by atoms with van der Waals surface area (Å²) < 4.78 is 0. The Balaban J connectivity index is 1.62. The molecule has 0 unspecified atom stereocenters. The highest BCUT2D eigenvalue weighted by molar-refractivity contribution is 5.96. The second kappa shape index (κ2) is 8.45. The summed E-state index contributed by atoms with van der Waals surface area (Å²) in [5.74, 6) is 0.890. The summed E-state index contributed by atoms with van der Waals surface area (Å²) in [7, 11) is 0. The molecule has 3 aromatic carbocycles. The number of pyridine rings is 2. The minimum absolute atomic E-state index is 0.0777. The first-order valence-corrected chi connectivity index (χ1v) is 11.7. The smallest absolute Gasteiger partial charge is 0.190 e. The van der Waals surface area contributed by atoms with Gasteiger partial charge in [-0.2, -0.15) is 0 Å². The standard InChI is InChI=1S/C30H28N2O2/c1-17(2)19-5-9-21(10-6-19)25-15-29(33)23-14-28-24(13-27(23)31-25)30(34)16-26(32-28)22-11-7-20(8-12-22)18(3)4/h5-18H,1-4H3,(H,31,33)(H,32,34). The maximum atomic E-state index is 13.0. The molecule has 0 amide bonds. The predicted octanol–water partition coefficient (Wildman–Crippen LogP) is 6.95. The van der Waals surface area contributed by atoms with Crippen molar-refractivity contribution in [3.05, 3.63) is 104 Å². The Morgan fingerprint density at radius 1 is 0.529 bits per heavy atom. The molecule has 0 saturated heterocycles. The van der Waals surface area contributed by atoms with Gasteiger partial charge in [0.1, 0.15) is 0 Å². The molecule has 0 saturated carbocycles. The number of H-pyrrole nitrogens is 2. The first-order valence-electron chi connectivity index (χ1n) is 11.7. The van der Waals surface area contributed by atoms with Gasteiger partial charge in [-0.05, 0) is 46.2 Å². The van der Waals surface area contributed by atoms with E-state index in [0.29, 0.717) is 33.6 Å². The zero-order valence-electron chi connectivity index (χ0n) is 19.9. The second-order valence-electron chi connectivity index (χ2n) is 9.59. The van der Waals surface area contributed by atoms with Crippen LogP contribution < -0.4 is 10.9 Å². The lowest BCUT2D eigenvalue weighted by atomic mass is 10.00. The third-order valence-electron chi connectivity index (χ3n) is 6.55. The van der Waals surface area contributed by atoms with E-state index >= 15 is 0 Å². The molecular weight excluding hydrogens is 420 g/mol. The van der Waals surface area contributed by atoms with Crippen LogP contribution in [0.4, 0.5) is 0 Å². The Kier molecular flexibility index (Phi) is 5.45. The van der Waals surface area contributed by atoms with Crippen molar-refractivity contribution < 1.29 is 0 Å². The van der Waals surface area contributed by atoms with Crippen molar-refractivity contribution in [1.82, 2.24) is 9.97 Å². The maximum Gasteiger partial charge on any atom is 0.190 e. The van der Waals surface area contributed by atoms with Crippen LogP contribution in [-0.4, -0.2) is 9.97 Å². The third-order valence-corrected chi connectivity index (χ3v) is 6.55. The van der Waals surface area contributed by atoms with Gasteiger partial charge in [-0.1, -0.05) is 76.2 Å². The number of fused-ring (bicyclic) bond motifs is 2. The van der Waals surface area contributed by atoms with Crippen LogP contribution in [0.15, 0.2) is 82.4 Å². The van der Waals surface area contributed by atoms with Crippen molar-refractivity contribution in [2.24, 2.45) is 0 Å². The molecule has 0 atom stereocenters. The molecule has 0 aliphatic rings. The first-order chi connectivity index (χ1) is 16.3. The highest BCUT2D eigenvalue weighted by Gasteiger charge is 2.11. The fourth-order valence-electron chi connectivity index (χ4n) is 4.40. The molecule has 170 valence electrons. The number of hydrogen-bond donors (Lipinski definition) is 2. The van der Waals surface area contributed by atoms with Crippen molar-refractivity contribution in [2.75, 3.05) is 0 Å². The van der Waals surface area contributed by atoms with Gasteiger partial charge in [-0.3, -0.25) is 9.59 Å². The number of benzene rings is 3. The Morgan fingerprint density at radius 3 is 1.21 bits per heavy atom. The van der Waals surface area contributed by atoms with Crippen molar-refractivity contribution in [2.45, 2.75) is 39.5 Å². The van der Waals surface area contributed by atoms with Crippen LogP contribution in [0.2, 0.25) is 0 Å². The normalized spacial score (nSPS) is 11.7. The first kappa shape index (κ1) is 21.9. The van der Waals surface area contributed by atoms with E-state index in [1.807, 2.05) is 24.3 Å². The summed E-state index contributed by atoms with van der Waals surface area (Å²) in [5.41, 5.74) is 7.02. The van der Waals surface area contributed by atoms with Crippen molar-refractivity contribution >= 4 is 21.8 Å². The van der Waals surface area contributed by atoms with Gasteiger partial charge < -0.3 is 9.97 Å². The Labute approximate surface area is 198 Å². The molecule has 4 nitrogen and oxygen atoms in total. The molecule has 0 bridgehead atoms.